The molecule has 1 fully saturated rings. The summed E-state index contributed by atoms with van der Waals surface area (Å²) in [5.74, 6) is 1.10. The number of aromatic nitrogens is 3. The first-order valence-electron chi connectivity index (χ1n) is 7.47. The van der Waals surface area contributed by atoms with E-state index in [1.54, 1.807) is 6.33 Å². The second-order valence-corrected chi connectivity index (χ2v) is 5.44. The third-order valence-electron chi connectivity index (χ3n) is 4.05. The topological polar surface area (TPSA) is 51.0 Å². The maximum Gasteiger partial charge on any atom is 0.223 e. The van der Waals surface area contributed by atoms with Gasteiger partial charge in [-0.05, 0) is 25.3 Å². The van der Waals surface area contributed by atoms with E-state index < -0.39 is 0 Å². The Morgan fingerprint density at radius 3 is 2.81 bits per heavy atom. The molecule has 0 saturated carbocycles. The number of hydrogen-bond acceptors (Lipinski definition) is 3. The molecule has 1 aliphatic heterocycles. The highest BCUT2D eigenvalue weighted by molar-refractivity contribution is 5.78. The van der Waals surface area contributed by atoms with Crippen LogP contribution in [0.3, 0.4) is 0 Å². The van der Waals surface area contributed by atoms with Gasteiger partial charge in [-0.15, -0.1) is 0 Å². The number of carbonyl (C=O) groups excluding carboxylic acids is 1. The normalized spacial score (nSPS) is 16.4. The number of aryl methyl sites for hydroxylation is 2. The van der Waals surface area contributed by atoms with Crippen LogP contribution in [0.2, 0.25) is 0 Å². The number of likely N-dealkylation sites (tertiary alicyclic amines) is 1. The van der Waals surface area contributed by atoms with Crippen molar-refractivity contribution in [3.05, 3.63) is 48.0 Å². The van der Waals surface area contributed by atoms with Crippen LogP contribution in [0.1, 0.15) is 37.2 Å². The summed E-state index contributed by atoms with van der Waals surface area (Å²) in [4.78, 5) is 18.1. The first-order valence-corrected chi connectivity index (χ1v) is 7.47. The van der Waals surface area contributed by atoms with E-state index in [2.05, 4.69) is 22.2 Å². The Bertz CT molecular complexity index is 608. The van der Waals surface area contributed by atoms with Crippen molar-refractivity contribution >= 4 is 5.91 Å². The SMILES string of the molecule is CC(c1ncnn1CCc1ccccc1)N1CCCC1=O. The van der Waals surface area contributed by atoms with Crippen LogP contribution >= 0.6 is 0 Å². The van der Waals surface area contributed by atoms with E-state index >= 15 is 0 Å². The number of nitrogens with zero attached hydrogens (tertiary/aromatic N) is 4. The fourth-order valence-electron chi connectivity index (χ4n) is 2.87. The van der Waals surface area contributed by atoms with Gasteiger partial charge in [0.2, 0.25) is 5.91 Å². The van der Waals surface area contributed by atoms with E-state index in [0.29, 0.717) is 6.42 Å². The lowest BCUT2D eigenvalue weighted by Gasteiger charge is -2.23. The van der Waals surface area contributed by atoms with Gasteiger partial charge in [0.1, 0.15) is 12.2 Å². The van der Waals surface area contributed by atoms with Gasteiger partial charge in [0.05, 0.1) is 6.04 Å². The fraction of sp³-hybridized carbons (Fsp3) is 0.438. The van der Waals surface area contributed by atoms with Crippen LogP contribution < -0.4 is 0 Å². The Morgan fingerprint density at radius 2 is 2.10 bits per heavy atom. The Labute approximate surface area is 124 Å². The Kier molecular flexibility index (Phi) is 3.99. The molecule has 1 amide bonds. The van der Waals surface area contributed by atoms with Crippen LogP contribution in [0.4, 0.5) is 0 Å². The van der Waals surface area contributed by atoms with Gasteiger partial charge in [-0.25, -0.2) is 9.67 Å². The molecule has 5 heteroatoms. The van der Waals surface area contributed by atoms with Gasteiger partial charge in [0.25, 0.3) is 0 Å². The third-order valence-corrected chi connectivity index (χ3v) is 4.05. The Hall–Kier alpha value is -2.17. The predicted octanol–water partition coefficient (Wildman–Crippen LogP) is 2.20. The first kappa shape index (κ1) is 13.8. The molecule has 1 unspecified atom stereocenters. The van der Waals surface area contributed by atoms with Crippen LogP contribution in [0, 0.1) is 0 Å². The van der Waals surface area contributed by atoms with Crippen molar-refractivity contribution in [2.75, 3.05) is 6.54 Å². The third kappa shape index (κ3) is 2.96. The van der Waals surface area contributed by atoms with E-state index in [0.717, 1.165) is 31.8 Å². The summed E-state index contributed by atoms with van der Waals surface area (Å²) >= 11 is 0. The summed E-state index contributed by atoms with van der Waals surface area (Å²) in [6, 6.07) is 10.3. The molecule has 1 saturated heterocycles. The molecule has 21 heavy (non-hydrogen) atoms. The summed E-state index contributed by atoms with van der Waals surface area (Å²) in [6.45, 7) is 3.64. The number of amides is 1. The summed E-state index contributed by atoms with van der Waals surface area (Å²) in [7, 11) is 0. The second kappa shape index (κ2) is 6.08. The molecule has 3 rings (SSSR count). The predicted molar refractivity (Wildman–Crippen MR) is 79.5 cm³/mol. The number of benzene rings is 1. The molecule has 1 aliphatic rings. The highest BCUT2D eigenvalue weighted by atomic mass is 16.2. The molecule has 0 radical (unpaired) electrons. The Balaban J connectivity index is 1.70. The lowest BCUT2D eigenvalue weighted by atomic mass is 10.1. The van der Waals surface area contributed by atoms with E-state index in [9.17, 15) is 4.79 Å². The molecular formula is C16H20N4O. The lowest BCUT2D eigenvalue weighted by molar-refractivity contribution is -0.129. The zero-order valence-electron chi connectivity index (χ0n) is 12.3. The molecule has 2 aromatic rings. The van der Waals surface area contributed by atoms with Gasteiger partial charge in [-0.1, -0.05) is 30.3 Å². The van der Waals surface area contributed by atoms with Crippen LogP contribution in [0.5, 0.6) is 0 Å². The van der Waals surface area contributed by atoms with Crippen molar-refractivity contribution in [2.45, 2.75) is 38.8 Å². The minimum absolute atomic E-state index is 0.00160. The minimum atomic E-state index is -0.00160. The van der Waals surface area contributed by atoms with Gasteiger partial charge in [0.15, 0.2) is 0 Å². The smallest absolute Gasteiger partial charge is 0.223 e. The molecule has 110 valence electrons. The molecule has 1 aromatic heterocycles. The molecular weight excluding hydrogens is 264 g/mol. The fourth-order valence-corrected chi connectivity index (χ4v) is 2.87. The van der Waals surface area contributed by atoms with Crippen molar-refractivity contribution in [3.8, 4) is 0 Å². The second-order valence-electron chi connectivity index (χ2n) is 5.44. The van der Waals surface area contributed by atoms with Crippen molar-refractivity contribution in [3.63, 3.8) is 0 Å². The Morgan fingerprint density at radius 1 is 1.29 bits per heavy atom. The van der Waals surface area contributed by atoms with E-state index in [1.165, 1.54) is 5.56 Å². The van der Waals surface area contributed by atoms with Crippen LogP contribution in [-0.4, -0.2) is 32.1 Å². The molecule has 1 aromatic carbocycles. The molecule has 0 aliphatic carbocycles. The van der Waals surface area contributed by atoms with Crippen LogP contribution in [0.25, 0.3) is 0 Å². The van der Waals surface area contributed by atoms with Crippen molar-refractivity contribution in [1.29, 1.82) is 0 Å². The van der Waals surface area contributed by atoms with E-state index in [-0.39, 0.29) is 11.9 Å². The van der Waals surface area contributed by atoms with E-state index in [1.807, 2.05) is 34.7 Å². The summed E-state index contributed by atoms with van der Waals surface area (Å²) in [6.07, 6.45) is 4.10. The lowest BCUT2D eigenvalue weighted by Crippen LogP contribution is -2.30. The highest BCUT2D eigenvalue weighted by Crippen LogP contribution is 2.23. The standard InChI is InChI=1S/C16H20N4O/c1-13(19-10-5-8-15(19)21)16-17-12-18-20(16)11-9-14-6-3-2-4-7-14/h2-4,6-7,12-13H,5,8-11H2,1H3. The van der Waals surface area contributed by atoms with E-state index in [4.69, 9.17) is 0 Å². The van der Waals surface area contributed by atoms with Crippen molar-refractivity contribution in [1.82, 2.24) is 19.7 Å². The van der Waals surface area contributed by atoms with Gasteiger partial charge in [-0.3, -0.25) is 4.79 Å². The van der Waals surface area contributed by atoms with Crippen molar-refractivity contribution in [2.24, 2.45) is 0 Å². The average molecular weight is 284 g/mol. The number of hydrogen-bond donors (Lipinski definition) is 0. The number of rotatable bonds is 5. The van der Waals surface area contributed by atoms with Crippen LogP contribution in [-0.2, 0) is 17.8 Å². The summed E-state index contributed by atoms with van der Waals surface area (Å²) < 4.78 is 1.92. The van der Waals surface area contributed by atoms with Gasteiger partial charge >= 0.3 is 0 Å². The zero-order valence-corrected chi connectivity index (χ0v) is 12.3. The minimum Gasteiger partial charge on any atom is -0.333 e. The molecule has 1 atom stereocenters. The summed E-state index contributed by atoms with van der Waals surface area (Å²) in [5.41, 5.74) is 1.28. The highest BCUT2D eigenvalue weighted by Gasteiger charge is 2.28. The molecule has 2 heterocycles. The average Bonchev–Trinajstić information content (AvgIpc) is 3.14. The molecule has 5 nitrogen and oxygen atoms in total. The molecule has 0 bridgehead atoms. The largest absolute Gasteiger partial charge is 0.333 e. The van der Waals surface area contributed by atoms with Gasteiger partial charge in [0, 0.05) is 19.5 Å². The van der Waals surface area contributed by atoms with Gasteiger partial charge in [-0.2, -0.15) is 5.10 Å². The van der Waals surface area contributed by atoms with Crippen molar-refractivity contribution < 1.29 is 4.79 Å². The maximum atomic E-state index is 11.9. The monoisotopic (exact) mass is 284 g/mol. The molecule has 0 N–H and O–H groups in total. The molecule has 0 spiro atoms. The summed E-state index contributed by atoms with van der Waals surface area (Å²) in [5, 5.41) is 4.32. The number of carbonyl (C=O) groups is 1. The first-order chi connectivity index (χ1) is 10.3. The zero-order chi connectivity index (χ0) is 14.7. The maximum absolute atomic E-state index is 11.9. The van der Waals surface area contributed by atoms with Gasteiger partial charge < -0.3 is 4.90 Å². The van der Waals surface area contributed by atoms with Crippen LogP contribution in [0.15, 0.2) is 36.7 Å². The quantitative estimate of drug-likeness (QED) is 0.846.